The molecule has 0 unspecified atom stereocenters. The van der Waals surface area contributed by atoms with Crippen LogP contribution in [0.25, 0.3) is 11.0 Å². The molecule has 2 aromatic carbocycles. The van der Waals surface area contributed by atoms with Crippen LogP contribution in [0, 0.1) is 6.92 Å². The summed E-state index contributed by atoms with van der Waals surface area (Å²) in [5, 5.41) is 2.85. The first kappa shape index (κ1) is 20.5. The van der Waals surface area contributed by atoms with Gasteiger partial charge in [-0.3, -0.25) is 4.79 Å². The second-order valence-corrected chi connectivity index (χ2v) is 9.46. The molecule has 9 heteroatoms. The predicted octanol–water partition coefficient (Wildman–Crippen LogP) is 2.79. The quantitative estimate of drug-likeness (QED) is 0.607. The fourth-order valence-corrected chi connectivity index (χ4v) is 4.74. The third-order valence-electron chi connectivity index (χ3n) is 4.42. The number of rotatable bonds is 6. The molecule has 28 heavy (non-hydrogen) atoms. The first-order valence-corrected chi connectivity index (χ1v) is 10.9. The summed E-state index contributed by atoms with van der Waals surface area (Å²) in [5.41, 5.74) is 2.21. The lowest BCUT2D eigenvalue weighted by Crippen LogP contribution is -2.28. The molecule has 0 saturated heterocycles. The molecule has 0 spiro atoms. The highest BCUT2D eigenvalue weighted by Crippen LogP contribution is 2.25. The summed E-state index contributed by atoms with van der Waals surface area (Å²) in [5.74, 6) is 0.545. The second kappa shape index (κ2) is 8.02. The second-order valence-electron chi connectivity index (χ2n) is 6.49. The van der Waals surface area contributed by atoms with Crippen LogP contribution in [-0.2, 0) is 16.6 Å². The standard InChI is InChI=1S/C19H21BrN4O3S/c1-13-22-16-6-4-5-7-17(16)24(13)11-10-21-19(25)14-8-9-15(20)18(12-14)28(26,27)23(2)3/h4-9,12H,10-11H2,1-3H3,(H,21,25). The van der Waals surface area contributed by atoms with E-state index in [1.807, 2.05) is 35.8 Å². The highest BCUT2D eigenvalue weighted by Gasteiger charge is 2.22. The van der Waals surface area contributed by atoms with Crippen molar-refractivity contribution in [2.24, 2.45) is 0 Å². The molecule has 0 aliphatic rings. The van der Waals surface area contributed by atoms with Crippen molar-refractivity contribution in [3.8, 4) is 0 Å². The average Bonchev–Trinajstić information content (AvgIpc) is 2.97. The van der Waals surface area contributed by atoms with Gasteiger partial charge in [-0.25, -0.2) is 17.7 Å². The Labute approximate surface area is 172 Å². The van der Waals surface area contributed by atoms with Gasteiger partial charge in [0.2, 0.25) is 10.0 Å². The number of halogens is 1. The fraction of sp³-hybridized carbons (Fsp3) is 0.263. The Morgan fingerprint density at radius 2 is 1.93 bits per heavy atom. The maximum absolute atomic E-state index is 12.5. The maximum atomic E-state index is 12.5. The van der Waals surface area contributed by atoms with Gasteiger partial charge in [-0.1, -0.05) is 12.1 Å². The van der Waals surface area contributed by atoms with E-state index in [9.17, 15) is 13.2 Å². The number of nitrogens with one attached hydrogen (secondary N) is 1. The molecule has 0 aliphatic carbocycles. The van der Waals surface area contributed by atoms with Gasteiger partial charge in [0, 0.05) is 37.2 Å². The lowest BCUT2D eigenvalue weighted by molar-refractivity contribution is 0.0952. The molecule has 7 nitrogen and oxygen atoms in total. The van der Waals surface area contributed by atoms with Crippen LogP contribution in [0.1, 0.15) is 16.2 Å². The number of aryl methyl sites for hydroxylation is 1. The number of aromatic nitrogens is 2. The number of fused-ring (bicyclic) bond motifs is 1. The van der Waals surface area contributed by atoms with Crippen LogP contribution in [0.4, 0.5) is 0 Å². The summed E-state index contributed by atoms with van der Waals surface area (Å²) in [6.07, 6.45) is 0. The van der Waals surface area contributed by atoms with Gasteiger partial charge in [-0.05, 0) is 53.2 Å². The Bertz CT molecular complexity index is 1140. The predicted molar refractivity (Wildman–Crippen MR) is 112 cm³/mol. The normalized spacial score (nSPS) is 11.9. The van der Waals surface area contributed by atoms with Crippen molar-refractivity contribution in [1.82, 2.24) is 19.2 Å². The fourth-order valence-electron chi connectivity index (χ4n) is 2.90. The van der Waals surface area contributed by atoms with Crippen LogP contribution in [0.3, 0.4) is 0 Å². The molecule has 1 heterocycles. The minimum atomic E-state index is -3.66. The Balaban J connectivity index is 1.74. The Kier molecular flexibility index (Phi) is 5.87. The van der Waals surface area contributed by atoms with E-state index in [1.165, 1.54) is 20.2 Å². The number of hydrogen-bond acceptors (Lipinski definition) is 4. The molecule has 1 amide bonds. The lowest BCUT2D eigenvalue weighted by Gasteiger charge is -2.14. The van der Waals surface area contributed by atoms with Crippen molar-refractivity contribution in [2.45, 2.75) is 18.4 Å². The Hall–Kier alpha value is -2.23. The molecule has 1 N–H and O–H groups in total. The number of carbonyl (C=O) groups is 1. The summed E-state index contributed by atoms with van der Waals surface area (Å²) in [7, 11) is -0.754. The van der Waals surface area contributed by atoms with Crippen LogP contribution >= 0.6 is 15.9 Å². The van der Waals surface area contributed by atoms with Crippen LogP contribution in [0.2, 0.25) is 0 Å². The summed E-state index contributed by atoms with van der Waals surface area (Å²) < 4.78 is 28.4. The van der Waals surface area contributed by atoms with Gasteiger partial charge in [0.1, 0.15) is 5.82 Å². The maximum Gasteiger partial charge on any atom is 0.251 e. The highest BCUT2D eigenvalue weighted by molar-refractivity contribution is 9.10. The van der Waals surface area contributed by atoms with Crippen molar-refractivity contribution < 1.29 is 13.2 Å². The van der Waals surface area contributed by atoms with E-state index in [2.05, 4.69) is 26.2 Å². The first-order chi connectivity index (χ1) is 13.2. The van der Waals surface area contributed by atoms with Crippen LogP contribution < -0.4 is 5.32 Å². The molecule has 0 bridgehead atoms. The number of amides is 1. The van der Waals surface area contributed by atoms with Gasteiger partial charge < -0.3 is 9.88 Å². The minimum Gasteiger partial charge on any atom is -0.350 e. The zero-order chi connectivity index (χ0) is 20.5. The summed E-state index contributed by atoms with van der Waals surface area (Å²) in [4.78, 5) is 17.1. The molecule has 0 fully saturated rings. The number of nitrogens with zero attached hydrogens (tertiary/aromatic N) is 3. The van der Waals surface area contributed by atoms with E-state index in [4.69, 9.17) is 0 Å². The zero-order valence-electron chi connectivity index (χ0n) is 15.8. The van der Waals surface area contributed by atoms with Gasteiger partial charge in [0.15, 0.2) is 0 Å². The van der Waals surface area contributed by atoms with E-state index in [1.54, 1.807) is 12.1 Å². The molecule has 0 aliphatic heterocycles. The number of imidazole rings is 1. The molecule has 0 radical (unpaired) electrons. The van der Waals surface area contributed by atoms with Gasteiger partial charge in [0.05, 0.1) is 15.9 Å². The molecule has 0 saturated carbocycles. The lowest BCUT2D eigenvalue weighted by atomic mass is 10.2. The molecule has 148 valence electrons. The average molecular weight is 465 g/mol. The van der Waals surface area contributed by atoms with Crippen molar-refractivity contribution in [3.05, 3.63) is 58.3 Å². The first-order valence-electron chi connectivity index (χ1n) is 8.64. The van der Waals surface area contributed by atoms with Gasteiger partial charge in [-0.2, -0.15) is 0 Å². The van der Waals surface area contributed by atoms with E-state index in [0.29, 0.717) is 17.6 Å². The van der Waals surface area contributed by atoms with Gasteiger partial charge >= 0.3 is 0 Å². The molecular formula is C19H21BrN4O3S. The molecule has 0 atom stereocenters. The van der Waals surface area contributed by atoms with Crippen molar-refractivity contribution >= 4 is 42.9 Å². The third kappa shape index (κ3) is 3.96. The monoisotopic (exact) mass is 464 g/mol. The molecular weight excluding hydrogens is 444 g/mol. The SMILES string of the molecule is Cc1nc2ccccc2n1CCNC(=O)c1ccc(Br)c(S(=O)(=O)N(C)C)c1. The summed E-state index contributed by atoms with van der Waals surface area (Å²) >= 11 is 3.25. The topological polar surface area (TPSA) is 84.3 Å². The zero-order valence-corrected chi connectivity index (χ0v) is 18.2. The van der Waals surface area contributed by atoms with E-state index >= 15 is 0 Å². The summed E-state index contributed by atoms with van der Waals surface area (Å²) in [6, 6.07) is 12.4. The number of hydrogen-bond donors (Lipinski definition) is 1. The third-order valence-corrected chi connectivity index (χ3v) is 7.23. The van der Waals surface area contributed by atoms with Gasteiger partial charge in [0.25, 0.3) is 5.91 Å². The Morgan fingerprint density at radius 3 is 2.64 bits per heavy atom. The minimum absolute atomic E-state index is 0.0570. The highest BCUT2D eigenvalue weighted by atomic mass is 79.9. The smallest absolute Gasteiger partial charge is 0.251 e. The number of benzene rings is 2. The largest absolute Gasteiger partial charge is 0.350 e. The Morgan fingerprint density at radius 1 is 1.21 bits per heavy atom. The van der Waals surface area contributed by atoms with Crippen LogP contribution in [0.15, 0.2) is 51.8 Å². The molecule has 3 aromatic rings. The van der Waals surface area contributed by atoms with Crippen LogP contribution in [0.5, 0.6) is 0 Å². The van der Waals surface area contributed by atoms with Crippen molar-refractivity contribution in [2.75, 3.05) is 20.6 Å². The van der Waals surface area contributed by atoms with E-state index in [0.717, 1.165) is 21.2 Å². The molecule has 3 rings (SSSR count). The van der Waals surface area contributed by atoms with E-state index < -0.39 is 10.0 Å². The number of carbonyl (C=O) groups excluding carboxylic acids is 1. The van der Waals surface area contributed by atoms with E-state index in [-0.39, 0.29) is 16.4 Å². The van der Waals surface area contributed by atoms with Crippen molar-refractivity contribution in [3.63, 3.8) is 0 Å². The van der Waals surface area contributed by atoms with Crippen molar-refractivity contribution in [1.29, 1.82) is 0 Å². The van der Waals surface area contributed by atoms with Crippen LogP contribution in [-0.4, -0.2) is 48.8 Å². The summed E-state index contributed by atoms with van der Waals surface area (Å²) in [6.45, 7) is 2.89. The van der Waals surface area contributed by atoms with Gasteiger partial charge in [-0.15, -0.1) is 0 Å². The molecule has 1 aromatic heterocycles. The number of sulfonamides is 1. The number of para-hydroxylation sites is 2.